The van der Waals surface area contributed by atoms with Gasteiger partial charge in [-0.15, -0.1) is 6.58 Å². The first-order valence-corrected chi connectivity index (χ1v) is 6.97. The molecule has 0 aliphatic carbocycles. The van der Waals surface area contributed by atoms with Gasteiger partial charge in [0.25, 0.3) is 0 Å². The zero-order valence-corrected chi connectivity index (χ0v) is 11.8. The summed E-state index contributed by atoms with van der Waals surface area (Å²) in [7, 11) is 0. The molecule has 0 radical (unpaired) electrons. The number of piperazine rings is 1. The lowest BCUT2D eigenvalue weighted by Gasteiger charge is -2.40. The summed E-state index contributed by atoms with van der Waals surface area (Å²) in [6.45, 7) is 7.80. The van der Waals surface area contributed by atoms with E-state index in [-0.39, 0.29) is 17.9 Å². The number of hydrogen-bond donors (Lipinski definition) is 1. The molecule has 2 amide bonds. The SMILES string of the molecule is C=C[C@@H]1CN(C(C)=O)CCN1C(=O)CCCCCN. The zero-order valence-electron chi connectivity index (χ0n) is 11.8. The molecule has 0 spiro atoms. The van der Waals surface area contributed by atoms with Crippen LogP contribution in [0, 0.1) is 0 Å². The fraction of sp³-hybridized carbons (Fsp3) is 0.714. The number of unbranched alkanes of at least 4 members (excludes halogenated alkanes) is 2. The standard InChI is InChI=1S/C14H25N3O2/c1-3-13-11-16(12(2)18)9-10-17(13)14(19)7-5-4-6-8-15/h3,13H,1,4-11,15H2,2H3/t13-/m1/s1. The third-order valence-corrected chi connectivity index (χ3v) is 3.55. The quantitative estimate of drug-likeness (QED) is 0.570. The number of carbonyl (C=O) groups excluding carboxylic acids is 2. The van der Waals surface area contributed by atoms with Crippen LogP contribution in [0.3, 0.4) is 0 Å². The van der Waals surface area contributed by atoms with Gasteiger partial charge in [-0.25, -0.2) is 0 Å². The summed E-state index contributed by atoms with van der Waals surface area (Å²) in [6, 6.07) is -0.0559. The van der Waals surface area contributed by atoms with Gasteiger partial charge < -0.3 is 15.5 Å². The van der Waals surface area contributed by atoms with E-state index in [4.69, 9.17) is 5.73 Å². The molecule has 0 aromatic carbocycles. The van der Waals surface area contributed by atoms with Gasteiger partial charge in [0.05, 0.1) is 6.04 Å². The van der Waals surface area contributed by atoms with Crippen LogP contribution in [-0.2, 0) is 9.59 Å². The molecule has 1 aliphatic heterocycles. The lowest BCUT2D eigenvalue weighted by molar-refractivity contribution is -0.140. The number of carbonyl (C=O) groups is 2. The van der Waals surface area contributed by atoms with E-state index in [9.17, 15) is 9.59 Å². The minimum atomic E-state index is -0.0559. The van der Waals surface area contributed by atoms with Gasteiger partial charge in [0.1, 0.15) is 0 Å². The van der Waals surface area contributed by atoms with Crippen molar-refractivity contribution >= 4 is 11.8 Å². The Morgan fingerprint density at radius 2 is 2.05 bits per heavy atom. The van der Waals surface area contributed by atoms with Crippen LogP contribution in [0.1, 0.15) is 32.6 Å². The van der Waals surface area contributed by atoms with E-state index in [1.54, 1.807) is 17.9 Å². The summed E-state index contributed by atoms with van der Waals surface area (Å²) in [4.78, 5) is 27.1. The Bertz CT molecular complexity index is 331. The Labute approximate surface area is 115 Å². The molecule has 1 rings (SSSR count). The van der Waals surface area contributed by atoms with E-state index in [0.29, 0.717) is 32.6 Å². The summed E-state index contributed by atoms with van der Waals surface area (Å²) < 4.78 is 0. The molecule has 5 nitrogen and oxygen atoms in total. The van der Waals surface area contributed by atoms with Gasteiger partial charge >= 0.3 is 0 Å². The average molecular weight is 267 g/mol. The topological polar surface area (TPSA) is 66.6 Å². The average Bonchev–Trinajstić information content (AvgIpc) is 2.42. The molecule has 108 valence electrons. The maximum Gasteiger partial charge on any atom is 0.223 e. The number of nitrogens with zero attached hydrogens (tertiary/aromatic N) is 2. The largest absolute Gasteiger partial charge is 0.339 e. The van der Waals surface area contributed by atoms with Crippen LogP contribution in [0.25, 0.3) is 0 Å². The third kappa shape index (κ3) is 4.67. The normalized spacial score (nSPS) is 19.4. The van der Waals surface area contributed by atoms with Crippen molar-refractivity contribution in [2.24, 2.45) is 5.73 Å². The lowest BCUT2D eigenvalue weighted by atomic mass is 10.1. The predicted octanol–water partition coefficient (Wildman–Crippen LogP) is 0.751. The lowest BCUT2D eigenvalue weighted by Crippen LogP contribution is -2.55. The zero-order chi connectivity index (χ0) is 14.3. The summed E-state index contributed by atoms with van der Waals surface area (Å²) in [5.41, 5.74) is 5.43. The van der Waals surface area contributed by atoms with Gasteiger partial charge in [0.15, 0.2) is 0 Å². The van der Waals surface area contributed by atoms with Crippen molar-refractivity contribution in [1.29, 1.82) is 0 Å². The molecule has 0 unspecified atom stereocenters. The first-order chi connectivity index (χ1) is 9.10. The number of hydrogen-bond acceptors (Lipinski definition) is 3. The van der Waals surface area contributed by atoms with Gasteiger partial charge in [0.2, 0.25) is 11.8 Å². The molecule has 0 aromatic rings. The minimum absolute atomic E-state index is 0.0559. The van der Waals surface area contributed by atoms with Crippen LogP contribution in [0.2, 0.25) is 0 Å². The van der Waals surface area contributed by atoms with Crippen LogP contribution in [0.4, 0.5) is 0 Å². The smallest absolute Gasteiger partial charge is 0.223 e. The van der Waals surface area contributed by atoms with Crippen LogP contribution in [0.5, 0.6) is 0 Å². The van der Waals surface area contributed by atoms with Crippen molar-refractivity contribution in [3.63, 3.8) is 0 Å². The molecule has 0 bridgehead atoms. The molecule has 2 N–H and O–H groups in total. The van der Waals surface area contributed by atoms with Gasteiger partial charge in [-0.2, -0.15) is 0 Å². The van der Waals surface area contributed by atoms with E-state index in [0.717, 1.165) is 19.3 Å². The maximum atomic E-state index is 12.2. The Kier molecular flexibility index (Phi) is 6.56. The molecule has 5 heteroatoms. The van der Waals surface area contributed by atoms with Crippen molar-refractivity contribution in [1.82, 2.24) is 9.80 Å². The van der Waals surface area contributed by atoms with Crippen molar-refractivity contribution in [2.75, 3.05) is 26.2 Å². The van der Waals surface area contributed by atoms with E-state index < -0.39 is 0 Å². The van der Waals surface area contributed by atoms with Crippen LogP contribution in [-0.4, -0.2) is 53.8 Å². The second kappa shape index (κ2) is 7.94. The van der Waals surface area contributed by atoms with Gasteiger partial charge in [-0.3, -0.25) is 9.59 Å². The van der Waals surface area contributed by atoms with Gasteiger partial charge in [-0.05, 0) is 19.4 Å². The van der Waals surface area contributed by atoms with Crippen molar-refractivity contribution in [2.45, 2.75) is 38.6 Å². The van der Waals surface area contributed by atoms with Crippen molar-refractivity contribution < 1.29 is 9.59 Å². The Morgan fingerprint density at radius 1 is 1.32 bits per heavy atom. The Morgan fingerprint density at radius 3 is 2.63 bits per heavy atom. The minimum Gasteiger partial charge on any atom is -0.339 e. The highest BCUT2D eigenvalue weighted by Gasteiger charge is 2.28. The van der Waals surface area contributed by atoms with Gasteiger partial charge in [0, 0.05) is 33.0 Å². The van der Waals surface area contributed by atoms with E-state index in [1.807, 2.05) is 4.90 Å². The third-order valence-electron chi connectivity index (χ3n) is 3.55. The van der Waals surface area contributed by atoms with E-state index >= 15 is 0 Å². The van der Waals surface area contributed by atoms with E-state index in [2.05, 4.69) is 6.58 Å². The molecule has 1 saturated heterocycles. The van der Waals surface area contributed by atoms with E-state index in [1.165, 1.54) is 0 Å². The molecule has 0 aromatic heterocycles. The maximum absolute atomic E-state index is 12.2. The highest BCUT2D eigenvalue weighted by Crippen LogP contribution is 2.14. The molecule has 1 atom stereocenters. The molecular formula is C14H25N3O2. The van der Waals surface area contributed by atoms with Crippen LogP contribution < -0.4 is 5.73 Å². The predicted molar refractivity (Wildman–Crippen MR) is 75.5 cm³/mol. The highest BCUT2D eigenvalue weighted by atomic mass is 16.2. The fourth-order valence-corrected chi connectivity index (χ4v) is 2.35. The highest BCUT2D eigenvalue weighted by molar-refractivity contribution is 5.78. The Hall–Kier alpha value is -1.36. The first kappa shape index (κ1) is 15.7. The molecule has 1 fully saturated rings. The monoisotopic (exact) mass is 267 g/mol. The first-order valence-electron chi connectivity index (χ1n) is 6.97. The van der Waals surface area contributed by atoms with Crippen molar-refractivity contribution in [3.8, 4) is 0 Å². The van der Waals surface area contributed by atoms with Crippen LogP contribution >= 0.6 is 0 Å². The molecule has 1 heterocycles. The van der Waals surface area contributed by atoms with Crippen molar-refractivity contribution in [3.05, 3.63) is 12.7 Å². The molecule has 1 aliphatic rings. The molecular weight excluding hydrogens is 242 g/mol. The summed E-state index contributed by atoms with van der Waals surface area (Å²) in [6.07, 6.45) is 5.16. The molecule has 19 heavy (non-hydrogen) atoms. The summed E-state index contributed by atoms with van der Waals surface area (Å²) >= 11 is 0. The van der Waals surface area contributed by atoms with Crippen LogP contribution in [0.15, 0.2) is 12.7 Å². The second-order valence-electron chi connectivity index (χ2n) is 4.95. The Balaban J connectivity index is 2.46. The summed E-state index contributed by atoms with van der Waals surface area (Å²) in [5.74, 6) is 0.215. The summed E-state index contributed by atoms with van der Waals surface area (Å²) in [5, 5.41) is 0. The number of amides is 2. The number of nitrogens with two attached hydrogens (primary N) is 1. The van der Waals surface area contributed by atoms with Gasteiger partial charge in [-0.1, -0.05) is 12.5 Å². The second-order valence-corrected chi connectivity index (χ2v) is 4.95. The fourth-order valence-electron chi connectivity index (χ4n) is 2.35. The molecule has 0 saturated carbocycles. The number of rotatable bonds is 6.